The van der Waals surface area contributed by atoms with Crippen LogP contribution < -0.4 is 21.3 Å². The number of halogens is 8. The first kappa shape index (κ1) is 39.1. The number of carbonyl (C=O) groups excluding carboxylic acids is 2. The molecule has 0 spiro atoms. The Labute approximate surface area is 286 Å². The van der Waals surface area contributed by atoms with Crippen LogP contribution in [0.4, 0.5) is 26.3 Å². The summed E-state index contributed by atoms with van der Waals surface area (Å²) in [6.45, 7) is 6.71. The molecule has 2 amide bonds. The van der Waals surface area contributed by atoms with Gasteiger partial charge in [0.15, 0.2) is 0 Å². The van der Waals surface area contributed by atoms with Gasteiger partial charge in [0.25, 0.3) is 5.91 Å². The third-order valence-electron chi connectivity index (χ3n) is 7.50. The van der Waals surface area contributed by atoms with Crippen LogP contribution >= 0.6 is 23.2 Å². The summed E-state index contributed by atoms with van der Waals surface area (Å²) in [6.07, 6.45) is -9.10. The minimum atomic E-state index is -5.13. The third kappa shape index (κ3) is 12.0. The first-order chi connectivity index (χ1) is 22.5. The van der Waals surface area contributed by atoms with Gasteiger partial charge < -0.3 is 21.3 Å². The molecule has 3 rings (SSSR count). The van der Waals surface area contributed by atoms with Crippen LogP contribution in [0.2, 0.25) is 10.0 Å². The van der Waals surface area contributed by atoms with Crippen LogP contribution in [0.3, 0.4) is 0 Å². The molecule has 0 aromatic heterocycles. The maximum Gasteiger partial charge on any atom is 0.416 e. The van der Waals surface area contributed by atoms with Crippen molar-refractivity contribution < 1.29 is 35.9 Å². The molecule has 0 bridgehead atoms. The predicted octanol–water partition coefficient (Wildman–Crippen LogP) is 8.19. The highest BCUT2D eigenvalue weighted by atomic mass is 35.5. The largest absolute Gasteiger partial charge is 0.416 e. The van der Waals surface area contributed by atoms with Crippen molar-refractivity contribution in [2.75, 3.05) is 13.1 Å². The Morgan fingerprint density at radius 1 is 0.812 bits per heavy atom. The van der Waals surface area contributed by atoms with Crippen molar-refractivity contribution in [3.63, 3.8) is 0 Å². The number of nitrogens with one attached hydrogen (secondary N) is 4. The van der Waals surface area contributed by atoms with E-state index in [9.17, 15) is 35.9 Å². The van der Waals surface area contributed by atoms with Crippen molar-refractivity contribution in [3.05, 3.63) is 105 Å². The quantitative estimate of drug-likeness (QED) is 0.120. The van der Waals surface area contributed by atoms with E-state index in [-0.39, 0.29) is 34.6 Å². The molecule has 0 aliphatic carbocycles. The Morgan fingerprint density at radius 3 is 1.98 bits per heavy atom. The van der Waals surface area contributed by atoms with E-state index in [0.29, 0.717) is 43.6 Å². The molecule has 0 saturated carbocycles. The zero-order valence-corrected chi connectivity index (χ0v) is 28.0. The number of alkyl halides is 6. The van der Waals surface area contributed by atoms with Gasteiger partial charge in [0.1, 0.15) is 0 Å². The van der Waals surface area contributed by atoms with Gasteiger partial charge in [0, 0.05) is 31.2 Å². The van der Waals surface area contributed by atoms with Crippen molar-refractivity contribution in [1.82, 2.24) is 21.3 Å². The zero-order valence-electron chi connectivity index (χ0n) is 26.5. The van der Waals surface area contributed by atoms with Crippen LogP contribution in [0.1, 0.15) is 72.3 Å². The minimum absolute atomic E-state index is 0.0574. The number of amides is 2. The molecule has 3 aromatic carbocycles. The molecule has 3 atom stereocenters. The van der Waals surface area contributed by atoms with Gasteiger partial charge in [-0.15, -0.1) is 0 Å². The summed E-state index contributed by atoms with van der Waals surface area (Å²) < 4.78 is 80.4. The summed E-state index contributed by atoms with van der Waals surface area (Å²) in [5.74, 6) is -1.51. The van der Waals surface area contributed by atoms with Crippen molar-refractivity contribution in [3.8, 4) is 0 Å². The van der Waals surface area contributed by atoms with E-state index in [1.807, 2.05) is 51.1 Å². The molecule has 3 unspecified atom stereocenters. The Morgan fingerprint density at radius 2 is 1.44 bits per heavy atom. The lowest BCUT2D eigenvalue weighted by Gasteiger charge is -2.28. The number of hydrogen-bond acceptors (Lipinski definition) is 4. The van der Waals surface area contributed by atoms with Gasteiger partial charge in [-0.2, -0.15) is 26.3 Å². The normalized spacial score (nSPS) is 14.0. The second-order valence-electron chi connectivity index (χ2n) is 11.8. The predicted molar refractivity (Wildman–Crippen MR) is 175 cm³/mol. The van der Waals surface area contributed by atoms with E-state index in [1.54, 1.807) is 6.07 Å². The summed E-state index contributed by atoms with van der Waals surface area (Å²) in [7, 11) is 0. The number of hydrogen-bond donors (Lipinski definition) is 4. The van der Waals surface area contributed by atoms with Crippen LogP contribution in [0.25, 0.3) is 0 Å². The molecule has 3 aromatic rings. The summed E-state index contributed by atoms with van der Waals surface area (Å²) in [4.78, 5) is 26.8. The van der Waals surface area contributed by atoms with Gasteiger partial charge in [-0.1, -0.05) is 80.4 Å². The molecule has 4 N–H and O–H groups in total. The van der Waals surface area contributed by atoms with Crippen molar-refractivity contribution in [2.24, 2.45) is 5.92 Å². The molecule has 0 aliphatic rings. The van der Waals surface area contributed by atoms with Crippen molar-refractivity contribution in [1.29, 1.82) is 0 Å². The van der Waals surface area contributed by atoms with E-state index in [2.05, 4.69) is 21.3 Å². The van der Waals surface area contributed by atoms with E-state index in [0.717, 1.165) is 5.56 Å². The molecule has 262 valence electrons. The molecule has 14 heteroatoms. The first-order valence-electron chi connectivity index (χ1n) is 15.3. The van der Waals surface area contributed by atoms with E-state index in [1.165, 1.54) is 12.1 Å². The topological polar surface area (TPSA) is 82.3 Å². The van der Waals surface area contributed by atoms with E-state index >= 15 is 0 Å². The lowest BCUT2D eigenvalue weighted by molar-refractivity contribution is -0.143. The standard InChI is InChI=1S/C34H38Cl2F6N4O2/c1-4-26(18-43-17-21-8-6-5-7-9-21)45-29(12-20(2)3)32(48)46-30(22-10-11-27(35)28(36)15-22)19-44-31(47)23-13-24(33(37,38)39)16-25(14-23)34(40,41)42/h5-11,13-16,20,26,29-30,43,45H,4,12,17-19H2,1-3H3,(H,44,47)(H,46,48). The number of rotatable bonds is 15. The molecule has 6 nitrogen and oxygen atoms in total. The highest BCUT2D eigenvalue weighted by Gasteiger charge is 2.37. The van der Waals surface area contributed by atoms with Gasteiger partial charge in [-0.25, -0.2) is 0 Å². The molecular formula is C34H38Cl2F6N4O2. The molecule has 48 heavy (non-hydrogen) atoms. The SMILES string of the molecule is CCC(CNCc1ccccc1)NC(CC(C)C)C(=O)NC(CNC(=O)c1cc(C(F)(F)F)cc(C(F)(F)F)c1)c1ccc(Cl)c(Cl)c1. The van der Waals surface area contributed by atoms with Crippen LogP contribution in [-0.4, -0.2) is 37.0 Å². The second-order valence-corrected chi connectivity index (χ2v) is 12.6. The van der Waals surface area contributed by atoms with Crippen LogP contribution in [0, 0.1) is 5.92 Å². The Bertz CT molecular complexity index is 1490. The summed E-state index contributed by atoms with van der Waals surface area (Å²) in [5.41, 5.74) is -2.58. The first-order valence-corrected chi connectivity index (χ1v) is 16.1. The highest BCUT2D eigenvalue weighted by Crippen LogP contribution is 2.36. The van der Waals surface area contributed by atoms with Crippen molar-refractivity contribution in [2.45, 2.75) is 70.6 Å². The molecule has 0 fully saturated rings. The molecule has 0 heterocycles. The van der Waals surface area contributed by atoms with Gasteiger partial charge >= 0.3 is 12.4 Å². The van der Waals surface area contributed by atoms with Crippen LogP contribution in [0.15, 0.2) is 66.7 Å². The maximum absolute atomic E-state index is 13.8. The fourth-order valence-corrected chi connectivity index (χ4v) is 5.26. The maximum atomic E-state index is 13.8. The zero-order chi connectivity index (χ0) is 35.6. The van der Waals surface area contributed by atoms with Gasteiger partial charge in [0.05, 0.1) is 33.3 Å². The average molecular weight is 720 g/mol. The van der Waals surface area contributed by atoms with Crippen LogP contribution in [0.5, 0.6) is 0 Å². The summed E-state index contributed by atoms with van der Waals surface area (Å²) in [5, 5.41) is 12.4. The lowest BCUT2D eigenvalue weighted by atomic mass is 10.00. The number of carbonyl (C=O) groups is 2. The fraction of sp³-hybridized carbons (Fsp3) is 0.412. The molecule has 0 radical (unpaired) electrons. The van der Waals surface area contributed by atoms with E-state index < -0.39 is 52.9 Å². The second kappa shape index (κ2) is 17.4. The summed E-state index contributed by atoms with van der Waals surface area (Å²) >= 11 is 12.3. The monoisotopic (exact) mass is 718 g/mol. The third-order valence-corrected chi connectivity index (χ3v) is 8.23. The highest BCUT2D eigenvalue weighted by molar-refractivity contribution is 6.42. The Kier molecular flexibility index (Phi) is 14.2. The Hall–Kier alpha value is -3.32. The van der Waals surface area contributed by atoms with Crippen LogP contribution in [-0.2, 0) is 23.7 Å². The van der Waals surface area contributed by atoms with E-state index in [4.69, 9.17) is 23.2 Å². The summed E-state index contributed by atoms with van der Waals surface area (Å²) in [6, 6.07) is 13.2. The molecular weight excluding hydrogens is 681 g/mol. The molecule has 0 aliphatic heterocycles. The smallest absolute Gasteiger partial charge is 0.350 e. The van der Waals surface area contributed by atoms with Gasteiger partial charge in [-0.05, 0) is 60.2 Å². The lowest BCUT2D eigenvalue weighted by Crippen LogP contribution is -2.52. The minimum Gasteiger partial charge on any atom is -0.350 e. The molecule has 0 saturated heterocycles. The Balaban J connectivity index is 1.82. The van der Waals surface area contributed by atoms with Gasteiger partial charge in [-0.3, -0.25) is 9.59 Å². The number of benzene rings is 3. The average Bonchev–Trinajstić information content (AvgIpc) is 3.02. The van der Waals surface area contributed by atoms with Gasteiger partial charge in [0.2, 0.25) is 5.91 Å². The van der Waals surface area contributed by atoms with Crippen molar-refractivity contribution >= 4 is 35.0 Å². The fourth-order valence-electron chi connectivity index (χ4n) is 4.95.